The van der Waals surface area contributed by atoms with Gasteiger partial charge in [0.25, 0.3) is 17.0 Å². The van der Waals surface area contributed by atoms with E-state index in [4.69, 9.17) is 30.2 Å². The van der Waals surface area contributed by atoms with Gasteiger partial charge >= 0.3 is 17.9 Å². The molecule has 0 bridgehead atoms. The Morgan fingerprint density at radius 3 is 1.10 bits per heavy atom. The summed E-state index contributed by atoms with van der Waals surface area (Å²) in [7, 11) is 2.68. The third-order valence-corrected chi connectivity index (χ3v) is 13.8. The predicted octanol–water partition coefficient (Wildman–Crippen LogP) is 13.7. The molecule has 0 spiro atoms. The number of carbonyl (C=O) groups excluding carboxylic acids is 3. The van der Waals surface area contributed by atoms with E-state index in [0.29, 0.717) is 65.7 Å². The Bertz CT molecular complexity index is 3970. The molecule has 17 nitrogen and oxygen atoms in total. The summed E-state index contributed by atoms with van der Waals surface area (Å²) in [6, 6.07) is 69.8. The van der Waals surface area contributed by atoms with E-state index in [2.05, 4.69) is 52.8 Å². The minimum Gasteiger partial charge on any atom is -0.508 e. The van der Waals surface area contributed by atoms with Crippen LogP contribution in [0.25, 0.3) is 0 Å². The Balaban J connectivity index is 0.000000210. The van der Waals surface area contributed by atoms with Crippen LogP contribution in [0.3, 0.4) is 0 Å². The van der Waals surface area contributed by atoms with E-state index >= 15 is 0 Å². The molecule has 7 N–H and O–H groups in total. The minimum atomic E-state index is -0.931. The Kier molecular flexibility index (Phi) is 30.7. The second-order valence-electron chi connectivity index (χ2n) is 20.1. The van der Waals surface area contributed by atoms with Crippen LogP contribution in [0, 0.1) is 27.7 Å². The van der Waals surface area contributed by atoms with Crippen LogP contribution < -0.4 is 36.4 Å². The number of phenolic OH excluding ortho intramolecular Hbond substituents is 1. The quantitative estimate of drug-likeness (QED) is 0.0366. The fourth-order valence-corrected chi connectivity index (χ4v) is 8.59. The lowest BCUT2D eigenvalue weighted by Crippen LogP contribution is -2.27. The lowest BCUT2D eigenvalue weighted by atomic mass is 10.1. The van der Waals surface area contributed by atoms with Gasteiger partial charge in [-0.15, -0.1) is 0 Å². The highest BCUT2D eigenvalue weighted by atomic mass is 79.9. The molecule has 0 aliphatic rings. The zero-order chi connectivity index (χ0) is 66.6. The molecule has 0 aliphatic carbocycles. The number of H-pyrrole nitrogens is 2. The molecule has 1 amide bonds. The number of aromatic carboxylic acids is 1. The van der Waals surface area contributed by atoms with Crippen molar-refractivity contribution in [1.82, 2.24) is 15.3 Å². The summed E-state index contributed by atoms with van der Waals surface area (Å²) in [4.78, 5) is 73.7. The first-order valence-electron chi connectivity index (χ1n) is 28.9. The van der Waals surface area contributed by atoms with Crippen LogP contribution in [0.1, 0.15) is 97.3 Å². The SMILES string of the molecule is BrCc1ccccc1.COC(=O)c1ccc(O)cc1.COC(=O)c1ccc(OCc2ccccc2)cc1.Cc1cc(C)c(CN)c(=O)[nH]1.Cc1cc(C)c(CNC(=O)c2ccc(OCc3ccccc3)cc2)c(=O)[nH]1.O=C(O)c1ccc(OCc2ccccc2)cc1. The van der Waals surface area contributed by atoms with Crippen LogP contribution in [0.5, 0.6) is 23.0 Å². The van der Waals surface area contributed by atoms with Gasteiger partial charge in [-0.1, -0.05) is 137 Å². The second-order valence-corrected chi connectivity index (χ2v) is 20.7. The minimum absolute atomic E-state index is 0.0648. The van der Waals surface area contributed by atoms with Crippen molar-refractivity contribution in [2.24, 2.45) is 5.73 Å². The van der Waals surface area contributed by atoms with Gasteiger partial charge in [-0.05, 0) is 170 Å². The average Bonchev–Trinajstić information content (AvgIpc) is 1.71. The Morgan fingerprint density at radius 2 is 0.783 bits per heavy atom. The summed E-state index contributed by atoms with van der Waals surface area (Å²) in [5.74, 6) is 0.322. The zero-order valence-electron chi connectivity index (χ0n) is 52.0. The standard InChI is InChI=1S/C22H22N2O3.C15H14O3.C14H12O3.C8H12N2O.C8H8O3.C7H7Br/c1-15-12-16(2)24-22(26)20(15)13-23-21(25)18-8-10-19(11-9-18)27-14-17-6-4-3-5-7-17;1-17-15(16)13-7-9-14(10-8-13)18-11-12-5-3-2-4-6-12;15-14(16)12-6-8-13(9-7-12)17-10-11-4-2-1-3-5-11;1-5-3-6(2)10-8(11)7(5)4-9;1-11-8(10)6-2-4-7(9)5-3-6;8-6-7-4-2-1-3-5-7/h3-12H,13-14H2,1-2H3,(H,23,25)(H,24,26);2-10H,11H2,1H3;1-9H,10H2,(H,15,16);3H,4,9H2,1-2H3,(H,10,11);2-5,9H,1H3;1-5H,6H2. The van der Waals surface area contributed by atoms with Crippen molar-refractivity contribution in [3.63, 3.8) is 0 Å². The first kappa shape index (κ1) is 71.9. The number of hydrogen-bond donors (Lipinski definition) is 6. The number of aromatic hydroxyl groups is 1. The Labute approximate surface area is 543 Å². The number of carbonyl (C=O) groups is 4. The van der Waals surface area contributed by atoms with E-state index in [9.17, 15) is 28.8 Å². The van der Waals surface area contributed by atoms with Crippen LogP contribution in [0.2, 0.25) is 0 Å². The Hall–Kier alpha value is -10.8. The Morgan fingerprint density at radius 1 is 0.457 bits per heavy atom. The first-order valence-corrected chi connectivity index (χ1v) is 30.0. The number of halogens is 1. The molecule has 2 heterocycles. The van der Waals surface area contributed by atoms with E-state index in [-0.39, 0.29) is 40.9 Å². The molecular formula is C74H75BrN4O13. The van der Waals surface area contributed by atoms with Crippen LogP contribution >= 0.6 is 15.9 Å². The van der Waals surface area contributed by atoms with Gasteiger partial charge < -0.3 is 54.9 Å². The van der Waals surface area contributed by atoms with Crippen LogP contribution in [0.15, 0.2) is 240 Å². The van der Waals surface area contributed by atoms with Gasteiger partial charge in [0.1, 0.15) is 42.8 Å². The highest BCUT2D eigenvalue weighted by Crippen LogP contribution is 2.18. The number of carboxylic acids is 1. The normalized spacial score (nSPS) is 9.91. The lowest BCUT2D eigenvalue weighted by Gasteiger charge is -2.09. The van der Waals surface area contributed by atoms with Crippen molar-refractivity contribution < 1.29 is 53.1 Å². The summed E-state index contributed by atoms with van der Waals surface area (Å²) in [6.45, 7) is 9.40. The number of aryl methyl sites for hydroxylation is 4. The number of esters is 2. The van der Waals surface area contributed by atoms with Gasteiger partial charge in [0.2, 0.25) is 0 Å². The summed E-state index contributed by atoms with van der Waals surface area (Å²) in [5, 5.41) is 21.3. The second kappa shape index (κ2) is 39.2. The van der Waals surface area contributed by atoms with Crippen molar-refractivity contribution in [2.75, 3.05) is 14.2 Å². The van der Waals surface area contributed by atoms with Crippen molar-refractivity contribution >= 4 is 39.7 Å². The third-order valence-electron chi connectivity index (χ3n) is 13.1. The molecule has 0 saturated heterocycles. The van der Waals surface area contributed by atoms with Gasteiger partial charge in [-0.2, -0.15) is 0 Å². The number of aromatic amines is 2. The molecule has 0 unspecified atom stereocenters. The number of methoxy groups -OCH3 is 2. The molecule has 10 aromatic rings. The topological polar surface area (TPSA) is 259 Å². The molecule has 92 heavy (non-hydrogen) atoms. The smallest absolute Gasteiger partial charge is 0.337 e. The fraction of sp³-hybridized carbons (Fsp3) is 0.162. The molecular weight excluding hydrogens is 1230 g/mol. The van der Waals surface area contributed by atoms with E-state index in [1.165, 1.54) is 56.2 Å². The van der Waals surface area contributed by atoms with E-state index < -0.39 is 11.9 Å². The molecule has 2 aromatic heterocycles. The van der Waals surface area contributed by atoms with Crippen molar-refractivity contribution in [1.29, 1.82) is 0 Å². The number of hydrogen-bond acceptors (Lipinski definition) is 13. The number of benzene rings is 8. The lowest BCUT2D eigenvalue weighted by molar-refractivity contribution is 0.0591. The number of phenols is 1. The average molecular weight is 1310 g/mol. The largest absolute Gasteiger partial charge is 0.508 e. The number of carboxylic acid groups (broad SMARTS) is 1. The van der Waals surface area contributed by atoms with Gasteiger partial charge in [0.15, 0.2) is 0 Å². The molecule has 0 aliphatic heterocycles. The van der Waals surface area contributed by atoms with E-state index in [1.807, 2.05) is 149 Å². The monoisotopic (exact) mass is 1310 g/mol. The molecule has 10 rings (SSSR count). The molecule has 0 radical (unpaired) electrons. The number of nitrogens with one attached hydrogen (secondary N) is 3. The highest BCUT2D eigenvalue weighted by molar-refractivity contribution is 9.08. The maximum absolute atomic E-state index is 12.3. The number of rotatable bonds is 17. The molecule has 476 valence electrons. The number of nitrogens with two attached hydrogens (primary N) is 1. The van der Waals surface area contributed by atoms with Crippen LogP contribution in [-0.4, -0.2) is 58.2 Å². The molecule has 0 fully saturated rings. The maximum Gasteiger partial charge on any atom is 0.337 e. The van der Waals surface area contributed by atoms with Crippen molar-refractivity contribution in [3.05, 3.63) is 329 Å². The fourth-order valence-electron chi connectivity index (χ4n) is 8.21. The number of aromatic nitrogens is 2. The van der Waals surface area contributed by atoms with Crippen LogP contribution in [-0.2, 0) is 47.7 Å². The van der Waals surface area contributed by atoms with Crippen LogP contribution in [0.4, 0.5) is 0 Å². The van der Waals surface area contributed by atoms with Gasteiger partial charge in [0, 0.05) is 46.5 Å². The molecule has 18 heteroatoms. The zero-order valence-corrected chi connectivity index (χ0v) is 53.6. The molecule has 8 aromatic carbocycles. The number of ether oxygens (including phenoxy) is 5. The van der Waals surface area contributed by atoms with Gasteiger partial charge in [-0.3, -0.25) is 14.4 Å². The summed E-state index contributed by atoms with van der Waals surface area (Å²) >= 11 is 3.36. The highest BCUT2D eigenvalue weighted by Gasteiger charge is 2.11. The first-order chi connectivity index (χ1) is 44.4. The number of pyridine rings is 2. The number of amides is 1. The van der Waals surface area contributed by atoms with Crippen molar-refractivity contribution in [2.45, 2.75) is 65.9 Å². The summed E-state index contributed by atoms with van der Waals surface area (Å²) < 4.78 is 25.9. The van der Waals surface area contributed by atoms with Crippen molar-refractivity contribution in [3.8, 4) is 23.0 Å². The van der Waals surface area contributed by atoms with E-state index in [1.54, 1.807) is 60.7 Å². The molecule has 0 atom stereocenters. The predicted molar refractivity (Wildman–Crippen MR) is 361 cm³/mol. The molecule has 0 saturated carbocycles. The summed E-state index contributed by atoms with van der Waals surface area (Å²) in [5.41, 5.74) is 16.2. The third kappa shape index (κ3) is 25.7. The van der Waals surface area contributed by atoms with Gasteiger partial charge in [-0.25, -0.2) is 14.4 Å². The van der Waals surface area contributed by atoms with Gasteiger partial charge in [0.05, 0.1) is 30.9 Å². The maximum atomic E-state index is 12.3. The number of alkyl halides is 1. The van der Waals surface area contributed by atoms with E-state index in [0.717, 1.165) is 50.3 Å². The summed E-state index contributed by atoms with van der Waals surface area (Å²) in [6.07, 6.45) is 0.